The maximum Gasteiger partial charge on any atom is 0.260 e. The molecule has 0 aliphatic rings. The Labute approximate surface area is 178 Å². The second kappa shape index (κ2) is 7.54. The smallest absolute Gasteiger partial charge is 0.260 e. The van der Waals surface area contributed by atoms with Crippen LogP contribution < -0.4 is 11.3 Å². The van der Waals surface area contributed by atoms with Crippen LogP contribution in [0.25, 0.3) is 22.2 Å². The van der Waals surface area contributed by atoms with Crippen LogP contribution in [0.5, 0.6) is 0 Å². The quantitative estimate of drug-likeness (QED) is 0.444. The van der Waals surface area contributed by atoms with Crippen molar-refractivity contribution < 1.29 is 0 Å². The summed E-state index contributed by atoms with van der Waals surface area (Å²) in [5.74, 6) is 0.0958. The fraction of sp³-hybridized carbons (Fsp3) is 0.0500. The van der Waals surface area contributed by atoms with Gasteiger partial charge in [0.15, 0.2) is 0 Å². The number of halogens is 3. The molecule has 0 amide bonds. The molecule has 0 aliphatic heterocycles. The number of hydrogen-bond acceptors (Lipinski definition) is 4. The third-order valence-electron chi connectivity index (χ3n) is 4.31. The van der Waals surface area contributed by atoms with E-state index >= 15 is 0 Å². The van der Waals surface area contributed by atoms with E-state index in [1.807, 2.05) is 24.3 Å². The molecule has 2 heterocycles. The van der Waals surface area contributed by atoms with Gasteiger partial charge in [-0.1, -0.05) is 57.3 Å². The number of anilines is 1. The molecule has 2 N–H and O–H groups in total. The van der Waals surface area contributed by atoms with Gasteiger partial charge >= 0.3 is 0 Å². The van der Waals surface area contributed by atoms with Crippen LogP contribution in [-0.2, 0) is 6.54 Å². The fourth-order valence-corrected chi connectivity index (χ4v) is 4.12. The molecular formula is C20H13BrCl2N4O. The molecule has 0 saturated heterocycles. The Morgan fingerprint density at radius 1 is 1.07 bits per heavy atom. The van der Waals surface area contributed by atoms with Gasteiger partial charge in [0.2, 0.25) is 5.95 Å². The van der Waals surface area contributed by atoms with Crippen LogP contribution in [0.1, 0.15) is 5.56 Å². The van der Waals surface area contributed by atoms with Gasteiger partial charge in [0, 0.05) is 21.6 Å². The molecule has 0 atom stereocenters. The van der Waals surface area contributed by atoms with Crippen LogP contribution in [-0.4, -0.2) is 14.5 Å². The monoisotopic (exact) mass is 474 g/mol. The van der Waals surface area contributed by atoms with Crippen LogP contribution in [0, 0.1) is 0 Å². The van der Waals surface area contributed by atoms with Crippen molar-refractivity contribution in [2.24, 2.45) is 0 Å². The molecule has 0 spiro atoms. The SMILES string of the molecule is Nc1ncc2cc(-c3c(Cl)cccc3Cl)c(=O)n(Cc3cccc(Br)c3)c2n1. The number of aromatic nitrogens is 3. The molecule has 0 radical (unpaired) electrons. The van der Waals surface area contributed by atoms with Crippen molar-refractivity contribution in [2.45, 2.75) is 6.54 Å². The highest BCUT2D eigenvalue weighted by Gasteiger charge is 2.17. The normalized spacial score (nSPS) is 11.1. The number of benzene rings is 2. The molecule has 140 valence electrons. The molecule has 28 heavy (non-hydrogen) atoms. The topological polar surface area (TPSA) is 73.8 Å². The van der Waals surface area contributed by atoms with E-state index in [-0.39, 0.29) is 11.5 Å². The van der Waals surface area contributed by atoms with Crippen LogP contribution in [0.2, 0.25) is 10.0 Å². The largest absolute Gasteiger partial charge is 0.368 e. The Balaban J connectivity index is 2.03. The van der Waals surface area contributed by atoms with Gasteiger partial charge in [0.25, 0.3) is 5.56 Å². The van der Waals surface area contributed by atoms with E-state index in [9.17, 15) is 4.79 Å². The Morgan fingerprint density at radius 2 is 1.79 bits per heavy atom. The zero-order chi connectivity index (χ0) is 19.8. The van der Waals surface area contributed by atoms with Crippen molar-refractivity contribution in [3.63, 3.8) is 0 Å². The van der Waals surface area contributed by atoms with E-state index in [1.54, 1.807) is 35.0 Å². The van der Waals surface area contributed by atoms with E-state index in [4.69, 9.17) is 28.9 Å². The van der Waals surface area contributed by atoms with Gasteiger partial charge in [-0.25, -0.2) is 4.98 Å². The first-order valence-corrected chi connectivity index (χ1v) is 9.84. The summed E-state index contributed by atoms with van der Waals surface area (Å²) in [6, 6.07) is 14.5. The summed E-state index contributed by atoms with van der Waals surface area (Å²) in [5.41, 5.74) is 7.75. The van der Waals surface area contributed by atoms with Crippen molar-refractivity contribution in [3.05, 3.63) is 85.2 Å². The standard InChI is InChI=1S/C20H13BrCl2N4O/c21-13-4-1-3-11(7-13)10-27-18-12(9-25-20(24)26-18)8-14(19(27)28)17-15(22)5-2-6-16(17)23/h1-9H,10H2,(H2,24,25,26). The highest BCUT2D eigenvalue weighted by atomic mass is 79.9. The van der Waals surface area contributed by atoms with E-state index in [0.29, 0.717) is 38.8 Å². The minimum Gasteiger partial charge on any atom is -0.368 e. The average molecular weight is 476 g/mol. The number of rotatable bonds is 3. The summed E-state index contributed by atoms with van der Waals surface area (Å²) in [6.07, 6.45) is 1.59. The summed E-state index contributed by atoms with van der Waals surface area (Å²) in [5, 5.41) is 1.46. The van der Waals surface area contributed by atoms with Gasteiger partial charge in [-0.15, -0.1) is 0 Å². The van der Waals surface area contributed by atoms with Crippen LogP contribution in [0.3, 0.4) is 0 Å². The molecule has 0 aliphatic carbocycles. The van der Waals surface area contributed by atoms with Crippen molar-refractivity contribution in [3.8, 4) is 11.1 Å². The number of pyridine rings is 1. The lowest BCUT2D eigenvalue weighted by atomic mass is 10.1. The van der Waals surface area contributed by atoms with Crippen molar-refractivity contribution in [1.82, 2.24) is 14.5 Å². The summed E-state index contributed by atoms with van der Waals surface area (Å²) in [6.45, 7) is 0.307. The van der Waals surface area contributed by atoms with Crippen LogP contribution in [0.4, 0.5) is 5.95 Å². The van der Waals surface area contributed by atoms with Crippen molar-refractivity contribution >= 4 is 56.1 Å². The predicted octanol–water partition coefficient (Wildman–Crippen LogP) is 5.16. The molecule has 2 aromatic carbocycles. The third kappa shape index (κ3) is 3.51. The minimum absolute atomic E-state index is 0.0958. The van der Waals surface area contributed by atoms with Gasteiger partial charge in [0.1, 0.15) is 5.65 Å². The van der Waals surface area contributed by atoms with Gasteiger partial charge in [-0.05, 0) is 35.9 Å². The predicted molar refractivity (Wildman–Crippen MR) is 117 cm³/mol. The first-order valence-electron chi connectivity index (χ1n) is 8.29. The Bertz CT molecular complexity index is 1250. The van der Waals surface area contributed by atoms with Crippen LogP contribution >= 0.6 is 39.1 Å². The molecule has 0 fully saturated rings. The van der Waals surface area contributed by atoms with Gasteiger partial charge in [0.05, 0.1) is 22.2 Å². The lowest BCUT2D eigenvalue weighted by molar-refractivity contribution is 0.784. The zero-order valence-corrected chi connectivity index (χ0v) is 17.5. The Hall–Kier alpha value is -2.41. The summed E-state index contributed by atoms with van der Waals surface area (Å²) >= 11 is 16.2. The van der Waals surface area contributed by atoms with Crippen molar-refractivity contribution in [1.29, 1.82) is 0 Å². The molecule has 0 bridgehead atoms. The molecule has 0 unspecified atom stereocenters. The third-order valence-corrected chi connectivity index (χ3v) is 5.43. The molecule has 4 rings (SSSR count). The summed E-state index contributed by atoms with van der Waals surface area (Å²) in [4.78, 5) is 21.8. The highest BCUT2D eigenvalue weighted by Crippen LogP contribution is 2.34. The number of nitrogens with two attached hydrogens (primary N) is 1. The van der Waals surface area contributed by atoms with Gasteiger partial charge in [-0.3, -0.25) is 9.36 Å². The second-order valence-corrected chi connectivity index (χ2v) is 7.91. The highest BCUT2D eigenvalue weighted by molar-refractivity contribution is 9.10. The molecule has 2 aromatic heterocycles. The lowest BCUT2D eigenvalue weighted by Crippen LogP contribution is -2.24. The number of nitrogen functional groups attached to an aromatic ring is 1. The van der Waals surface area contributed by atoms with E-state index in [1.165, 1.54) is 0 Å². The fourth-order valence-electron chi connectivity index (χ4n) is 3.07. The number of fused-ring (bicyclic) bond motifs is 1. The van der Waals surface area contributed by atoms with Crippen molar-refractivity contribution in [2.75, 3.05) is 5.73 Å². The first kappa shape index (κ1) is 18.9. The molecule has 4 aromatic rings. The van der Waals surface area contributed by atoms with Crippen LogP contribution in [0.15, 0.2) is 64.0 Å². The lowest BCUT2D eigenvalue weighted by Gasteiger charge is -2.14. The molecule has 0 saturated carbocycles. The minimum atomic E-state index is -0.263. The molecule has 5 nitrogen and oxygen atoms in total. The number of nitrogens with zero attached hydrogens (tertiary/aromatic N) is 3. The summed E-state index contributed by atoms with van der Waals surface area (Å²) in [7, 11) is 0. The Kier molecular flexibility index (Phi) is 5.10. The molecule has 8 heteroatoms. The first-order chi connectivity index (χ1) is 13.4. The van der Waals surface area contributed by atoms with Gasteiger partial charge in [-0.2, -0.15) is 4.98 Å². The van der Waals surface area contributed by atoms with E-state index in [0.717, 1.165) is 10.0 Å². The van der Waals surface area contributed by atoms with E-state index < -0.39 is 0 Å². The van der Waals surface area contributed by atoms with E-state index in [2.05, 4.69) is 25.9 Å². The maximum absolute atomic E-state index is 13.4. The zero-order valence-electron chi connectivity index (χ0n) is 14.4. The Morgan fingerprint density at radius 3 is 2.50 bits per heavy atom. The number of hydrogen-bond donors (Lipinski definition) is 1. The summed E-state index contributed by atoms with van der Waals surface area (Å²) < 4.78 is 2.48. The average Bonchev–Trinajstić information content (AvgIpc) is 2.65. The van der Waals surface area contributed by atoms with Gasteiger partial charge < -0.3 is 5.73 Å². The molecular weight excluding hydrogens is 463 g/mol. The second-order valence-electron chi connectivity index (χ2n) is 6.18. The maximum atomic E-state index is 13.4.